The number of aromatic nitrogens is 2. The summed E-state index contributed by atoms with van der Waals surface area (Å²) in [5.74, 6) is -0.213. The van der Waals surface area contributed by atoms with E-state index in [0.717, 1.165) is 36.9 Å². The smallest absolute Gasteiger partial charge is 0.438 e. The Hall–Kier alpha value is -4.74. The van der Waals surface area contributed by atoms with Gasteiger partial charge in [0.1, 0.15) is 23.7 Å². The number of rotatable bonds is 7. The highest BCUT2D eigenvalue weighted by Gasteiger charge is 2.22. The van der Waals surface area contributed by atoms with Crippen LogP contribution in [0.25, 0.3) is 10.9 Å². The second-order valence-electron chi connectivity index (χ2n) is 8.76. The Kier molecular flexibility index (Phi) is 8.00. The molecule has 2 amide bonds. The maximum atomic E-state index is 12.9. The van der Waals surface area contributed by atoms with Gasteiger partial charge in [0.05, 0.1) is 5.52 Å². The third-order valence-electron chi connectivity index (χ3n) is 6.08. The van der Waals surface area contributed by atoms with Crippen LogP contribution in [0.15, 0.2) is 41.7 Å². The van der Waals surface area contributed by atoms with Crippen LogP contribution in [0.5, 0.6) is 5.75 Å². The molecule has 1 aliphatic heterocycles. The van der Waals surface area contributed by atoms with E-state index in [9.17, 15) is 19.5 Å². The minimum absolute atomic E-state index is 0.000442. The first-order valence-corrected chi connectivity index (χ1v) is 12.0. The van der Waals surface area contributed by atoms with Gasteiger partial charge in [0.15, 0.2) is 0 Å². The molecule has 1 fully saturated rings. The number of likely N-dealkylation sites (tertiary alicyclic amines) is 1. The van der Waals surface area contributed by atoms with Gasteiger partial charge in [0.2, 0.25) is 6.79 Å². The standard InChI is InChI=1S/C26H28N6O6/c1-15-9-20-21(11-19(15)25(35)32-7-3-4-8-32)29-13-30-24(20)28-12-18-10-17(5-6-22(18)34)23(27)31-26(36)38-14-37-16(2)33/h5-6,9-11,13,34H,3-4,7-8,12,14H2,1-2H3,(H2,27,31,36)(H,28,29,30). The van der Waals surface area contributed by atoms with E-state index in [1.807, 2.05) is 17.9 Å². The van der Waals surface area contributed by atoms with Crippen LogP contribution >= 0.6 is 0 Å². The van der Waals surface area contributed by atoms with Crippen molar-refractivity contribution in [1.29, 1.82) is 0 Å². The molecule has 4 N–H and O–H groups in total. The average Bonchev–Trinajstić information content (AvgIpc) is 3.42. The summed E-state index contributed by atoms with van der Waals surface area (Å²) in [4.78, 5) is 49.7. The van der Waals surface area contributed by atoms with Crippen molar-refractivity contribution in [2.24, 2.45) is 10.7 Å². The number of amidine groups is 1. The number of hydrogen-bond donors (Lipinski definition) is 3. The Morgan fingerprint density at radius 2 is 1.89 bits per heavy atom. The van der Waals surface area contributed by atoms with Crippen molar-refractivity contribution in [3.63, 3.8) is 0 Å². The number of esters is 1. The van der Waals surface area contributed by atoms with Gasteiger partial charge >= 0.3 is 12.1 Å². The number of nitrogens with one attached hydrogen (secondary N) is 1. The van der Waals surface area contributed by atoms with E-state index in [1.165, 1.54) is 25.4 Å². The number of carbonyl (C=O) groups is 3. The highest BCUT2D eigenvalue weighted by Crippen LogP contribution is 2.27. The topological polar surface area (TPSA) is 169 Å². The zero-order valence-electron chi connectivity index (χ0n) is 21.1. The second kappa shape index (κ2) is 11.5. The van der Waals surface area contributed by atoms with Gasteiger partial charge in [-0.2, -0.15) is 4.99 Å². The maximum Gasteiger partial charge on any atom is 0.438 e. The Morgan fingerprint density at radius 3 is 2.63 bits per heavy atom. The van der Waals surface area contributed by atoms with Gasteiger partial charge in [-0.05, 0) is 55.7 Å². The molecule has 2 heterocycles. The first kappa shape index (κ1) is 26.3. The number of aryl methyl sites for hydroxylation is 1. The summed E-state index contributed by atoms with van der Waals surface area (Å²) >= 11 is 0. The quantitative estimate of drug-likeness (QED) is 0.182. The molecule has 12 heteroatoms. The SMILES string of the molecule is CC(=O)OCOC(=O)/N=C(\N)c1ccc(O)c(CNc2ncnc3cc(C(=O)N4CCCC4)c(C)cc23)c1. The Balaban J connectivity index is 1.50. The fourth-order valence-corrected chi connectivity index (χ4v) is 4.10. The summed E-state index contributed by atoms with van der Waals surface area (Å²) in [6.07, 6.45) is 2.41. The van der Waals surface area contributed by atoms with E-state index in [0.29, 0.717) is 28.0 Å². The number of hydrogen-bond acceptors (Lipinski definition) is 9. The number of amides is 2. The second-order valence-corrected chi connectivity index (χ2v) is 8.76. The predicted molar refractivity (Wildman–Crippen MR) is 139 cm³/mol. The minimum atomic E-state index is -1.03. The molecule has 0 unspecified atom stereocenters. The van der Waals surface area contributed by atoms with E-state index in [2.05, 4.69) is 29.8 Å². The number of aliphatic imine (C=N–C) groups is 1. The largest absolute Gasteiger partial charge is 0.508 e. The third kappa shape index (κ3) is 6.14. The van der Waals surface area contributed by atoms with Gasteiger partial charge in [0, 0.05) is 48.6 Å². The molecule has 12 nitrogen and oxygen atoms in total. The fraction of sp³-hybridized carbons (Fsp3) is 0.308. The monoisotopic (exact) mass is 520 g/mol. The van der Waals surface area contributed by atoms with Gasteiger partial charge in [-0.1, -0.05) is 0 Å². The van der Waals surface area contributed by atoms with Crippen molar-refractivity contribution < 1.29 is 29.0 Å². The van der Waals surface area contributed by atoms with Crippen LogP contribution in [-0.4, -0.2) is 63.7 Å². The Labute approximate surface area is 218 Å². The molecule has 0 bridgehead atoms. The molecule has 1 saturated heterocycles. The van der Waals surface area contributed by atoms with E-state index >= 15 is 0 Å². The maximum absolute atomic E-state index is 12.9. The van der Waals surface area contributed by atoms with Gasteiger partial charge in [0.25, 0.3) is 5.91 Å². The first-order valence-electron chi connectivity index (χ1n) is 12.0. The van der Waals surface area contributed by atoms with Crippen molar-refractivity contribution in [3.8, 4) is 5.75 Å². The lowest BCUT2D eigenvalue weighted by molar-refractivity contribution is -0.148. The molecule has 3 aromatic rings. The van der Waals surface area contributed by atoms with Crippen LogP contribution in [0.4, 0.5) is 10.6 Å². The summed E-state index contributed by atoms with van der Waals surface area (Å²) in [5.41, 5.74) is 8.82. The van der Waals surface area contributed by atoms with Gasteiger partial charge < -0.3 is 30.5 Å². The minimum Gasteiger partial charge on any atom is -0.508 e. The predicted octanol–water partition coefficient (Wildman–Crippen LogP) is 2.85. The van der Waals surface area contributed by atoms with Crippen LogP contribution in [0.2, 0.25) is 0 Å². The molecule has 1 aromatic heterocycles. The first-order chi connectivity index (χ1) is 18.2. The Morgan fingerprint density at radius 1 is 1.13 bits per heavy atom. The van der Waals surface area contributed by atoms with Crippen molar-refractivity contribution in [1.82, 2.24) is 14.9 Å². The number of benzene rings is 2. The average molecular weight is 521 g/mol. The molecule has 1 aliphatic rings. The lowest BCUT2D eigenvalue weighted by Gasteiger charge is -2.17. The Bertz CT molecular complexity index is 1420. The van der Waals surface area contributed by atoms with Crippen LogP contribution < -0.4 is 11.1 Å². The lowest BCUT2D eigenvalue weighted by atomic mass is 10.0. The van der Waals surface area contributed by atoms with Crippen molar-refractivity contribution >= 4 is 40.5 Å². The molecule has 0 atom stereocenters. The lowest BCUT2D eigenvalue weighted by Crippen LogP contribution is -2.28. The highest BCUT2D eigenvalue weighted by atomic mass is 16.7. The number of anilines is 1. The third-order valence-corrected chi connectivity index (χ3v) is 6.08. The zero-order chi connectivity index (χ0) is 27.2. The molecular weight excluding hydrogens is 492 g/mol. The van der Waals surface area contributed by atoms with Gasteiger partial charge in [-0.15, -0.1) is 0 Å². The van der Waals surface area contributed by atoms with E-state index in [-0.39, 0.29) is 24.0 Å². The van der Waals surface area contributed by atoms with Crippen molar-refractivity contribution in [3.05, 3.63) is 58.9 Å². The van der Waals surface area contributed by atoms with Crippen LogP contribution in [0.3, 0.4) is 0 Å². The molecular formula is C26H28N6O6. The molecule has 0 radical (unpaired) electrons. The highest BCUT2D eigenvalue weighted by molar-refractivity contribution is 6.03. The number of phenolic OH excluding ortho intramolecular Hbond substituents is 1. The van der Waals surface area contributed by atoms with Crippen LogP contribution in [-0.2, 0) is 20.8 Å². The number of nitrogens with zero attached hydrogens (tertiary/aromatic N) is 4. The summed E-state index contributed by atoms with van der Waals surface area (Å²) in [5, 5.41) is 14.3. The van der Waals surface area contributed by atoms with Crippen LogP contribution in [0, 0.1) is 6.92 Å². The zero-order valence-corrected chi connectivity index (χ0v) is 21.1. The van der Waals surface area contributed by atoms with Gasteiger partial charge in [-0.25, -0.2) is 14.8 Å². The number of nitrogens with two attached hydrogens (primary N) is 1. The summed E-state index contributed by atoms with van der Waals surface area (Å²) in [6, 6.07) is 8.16. The van der Waals surface area contributed by atoms with Crippen molar-refractivity contribution in [2.45, 2.75) is 33.2 Å². The molecule has 0 aliphatic carbocycles. The van der Waals surface area contributed by atoms with E-state index in [4.69, 9.17) is 5.73 Å². The molecule has 2 aromatic carbocycles. The number of carbonyl (C=O) groups excluding carboxylic acids is 3. The number of aromatic hydroxyl groups is 1. The van der Waals surface area contributed by atoms with E-state index in [1.54, 1.807) is 12.1 Å². The summed E-state index contributed by atoms with van der Waals surface area (Å²) in [7, 11) is 0. The molecule has 198 valence electrons. The normalized spacial score (nSPS) is 13.4. The molecule has 4 rings (SSSR count). The fourth-order valence-electron chi connectivity index (χ4n) is 4.10. The number of ether oxygens (including phenoxy) is 2. The molecule has 38 heavy (non-hydrogen) atoms. The number of phenols is 1. The molecule has 0 spiro atoms. The summed E-state index contributed by atoms with van der Waals surface area (Å²) < 4.78 is 9.18. The van der Waals surface area contributed by atoms with Crippen molar-refractivity contribution in [2.75, 3.05) is 25.2 Å². The van der Waals surface area contributed by atoms with Gasteiger partial charge in [-0.3, -0.25) is 9.59 Å². The van der Waals surface area contributed by atoms with E-state index < -0.39 is 18.9 Å². The van der Waals surface area contributed by atoms with Crippen LogP contribution in [0.1, 0.15) is 46.8 Å². The number of fused-ring (bicyclic) bond motifs is 1. The molecule has 0 saturated carbocycles. The summed E-state index contributed by atoms with van der Waals surface area (Å²) in [6.45, 7) is 4.19.